The molecule has 0 spiro atoms. The molecule has 4 heterocycles. The summed E-state index contributed by atoms with van der Waals surface area (Å²) in [5, 5.41) is 8.38. The van der Waals surface area contributed by atoms with Crippen LogP contribution in [0.25, 0.3) is 0 Å². The van der Waals surface area contributed by atoms with Crippen molar-refractivity contribution >= 4 is 17.2 Å². The maximum atomic E-state index is 12.4. The van der Waals surface area contributed by atoms with Gasteiger partial charge < -0.3 is 4.90 Å². The molecule has 2 aliphatic rings. The second-order valence-electron chi connectivity index (χ2n) is 7.10. The van der Waals surface area contributed by atoms with Gasteiger partial charge in [-0.3, -0.25) is 9.69 Å². The van der Waals surface area contributed by atoms with E-state index in [4.69, 9.17) is 0 Å². The zero-order valence-corrected chi connectivity index (χ0v) is 15.5. The number of piperidine rings is 1. The minimum absolute atomic E-state index is 0.0363. The summed E-state index contributed by atoms with van der Waals surface area (Å²) in [4.78, 5) is 19.6. The molecule has 134 valence electrons. The first-order chi connectivity index (χ1) is 12.2. The van der Waals surface area contributed by atoms with Gasteiger partial charge in [0.15, 0.2) is 5.69 Å². The smallest absolute Gasteiger partial charge is 0.276 e. The highest BCUT2D eigenvalue weighted by atomic mass is 32.1. The van der Waals surface area contributed by atoms with Crippen LogP contribution in [-0.4, -0.2) is 56.9 Å². The van der Waals surface area contributed by atoms with Crippen LogP contribution >= 0.6 is 11.3 Å². The molecule has 2 saturated heterocycles. The molecule has 6 nitrogen and oxygen atoms in total. The number of hydrogen-bond acceptors (Lipinski definition) is 5. The summed E-state index contributed by atoms with van der Waals surface area (Å²) in [6.07, 6.45) is 6.17. The summed E-state index contributed by atoms with van der Waals surface area (Å²) in [5.41, 5.74) is 0.499. The molecule has 0 saturated carbocycles. The van der Waals surface area contributed by atoms with Crippen LogP contribution in [-0.2, 0) is 6.54 Å². The molecule has 2 aliphatic heterocycles. The number of aryl methyl sites for hydroxylation is 1. The van der Waals surface area contributed by atoms with E-state index in [0.29, 0.717) is 11.7 Å². The molecule has 0 radical (unpaired) electrons. The van der Waals surface area contributed by atoms with E-state index in [9.17, 15) is 4.79 Å². The molecule has 2 aromatic rings. The average molecular weight is 359 g/mol. The zero-order chi connectivity index (χ0) is 17.2. The van der Waals surface area contributed by atoms with Gasteiger partial charge in [-0.25, -0.2) is 4.68 Å². The molecule has 2 fully saturated rings. The van der Waals surface area contributed by atoms with Crippen molar-refractivity contribution in [1.29, 1.82) is 0 Å². The summed E-state index contributed by atoms with van der Waals surface area (Å²) in [6, 6.07) is 4.79. The molecule has 2 aromatic heterocycles. The second-order valence-corrected chi connectivity index (χ2v) is 8.48. The number of nitrogens with zero attached hydrogens (tertiary/aromatic N) is 5. The molecule has 0 bridgehead atoms. The molecule has 1 amide bonds. The molecule has 4 rings (SSSR count). The number of thiophene rings is 1. The molecule has 0 atom stereocenters. The number of amides is 1. The van der Waals surface area contributed by atoms with Gasteiger partial charge in [0.05, 0.1) is 12.2 Å². The SMILES string of the molecule is Cc1ccc(CN2CCC(n3cc(C(=O)N4CCCC4)nn3)CC2)s1. The van der Waals surface area contributed by atoms with Crippen LogP contribution in [0, 0.1) is 6.92 Å². The third kappa shape index (κ3) is 3.77. The summed E-state index contributed by atoms with van der Waals surface area (Å²) in [5.74, 6) is 0.0363. The number of aromatic nitrogens is 3. The lowest BCUT2D eigenvalue weighted by molar-refractivity contribution is 0.0787. The van der Waals surface area contributed by atoms with Crippen molar-refractivity contribution in [1.82, 2.24) is 24.8 Å². The minimum Gasteiger partial charge on any atom is -0.337 e. The first kappa shape index (κ1) is 16.7. The lowest BCUT2D eigenvalue weighted by Gasteiger charge is -2.31. The Morgan fingerprint density at radius 1 is 1.20 bits per heavy atom. The first-order valence-corrected chi connectivity index (χ1v) is 9.99. The number of hydrogen-bond donors (Lipinski definition) is 0. The van der Waals surface area contributed by atoms with Crippen molar-refractivity contribution in [3.63, 3.8) is 0 Å². The summed E-state index contributed by atoms with van der Waals surface area (Å²) < 4.78 is 1.91. The lowest BCUT2D eigenvalue weighted by Crippen LogP contribution is -2.34. The van der Waals surface area contributed by atoms with Crippen molar-refractivity contribution in [3.8, 4) is 0 Å². The van der Waals surface area contributed by atoms with E-state index in [1.807, 2.05) is 27.1 Å². The predicted molar refractivity (Wildman–Crippen MR) is 97.8 cm³/mol. The Hall–Kier alpha value is -1.73. The van der Waals surface area contributed by atoms with Gasteiger partial charge in [0.1, 0.15) is 0 Å². The number of carbonyl (C=O) groups excluding carboxylic acids is 1. The largest absolute Gasteiger partial charge is 0.337 e. The van der Waals surface area contributed by atoms with E-state index in [1.54, 1.807) is 0 Å². The standard InChI is InChI=1S/C18H25N5OS/c1-14-4-5-16(25-14)12-21-10-6-15(7-11-21)23-13-17(19-20-23)18(24)22-8-2-3-9-22/h4-5,13,15H,2-3,6-12H2,1H3. The predicted octanol–water partition coefficient (Wildman–Crippen LogP) is 2.72. The van der Waals surface area contributed by atoms with Crippen molar-refractivity contribution < 1.29 is 4.79 Å². The van der Waals surface area contributed by atoms with Gasteiger partial charge in [-0.05, 0) is 44.7 Å². The first-order valence-electron chi connectivity index (χ1n) is 9.18. The van der Waals surface area contributed by atoms with Crippen LogP contribution in [0.15, 0.2) is 18.3 Å². The Labute approximate surface area is 152 Å². The van der Waals surface area contributed by atoms with E-state index >= 15 is 0 Å². The number of rotatable bonds is 4. The maximum Gasteiger partial charge on any atom is 0.276 e. The van der Waals surface area contributed by atoms with E-state index < -0.39 is 0 Å². The summed E-state index contributed by atoms with van der Waals surface area (Å²) >= 11 is 1.89. The average Bonchev–Trinajstić information content (AvgIpc) is 3.37. The van der Waals surface area contributed by atoms with Crippen LogP contribution in [0.3, 0.4) is 0 Å². The van der Waals surface area contributed by atoms with E-state index in [2.05, 4.69) is 34.3 Å². The maximum absolute atomic E-state index is 12.4. The normalized spacial score (nSPS) is 19.6. The molecule has 0 N–H and O–H groups in total. The van der Waals surface area contributed by atoms with E-state index in [1.165, 1.54) is 9.75 Å². The van der Waals surface area contributed by atoms with Crippen LogP contribution < -0.4 is 0 Å². The fourth-order valence-electron chi connectivity index (χ4n) is 3.77. The lowest BCUT2D eigenvalue weighted by atomic mass is 10.1. The van der Waals surface area contributed by atoms with E-state index in [0.717, 1.165) is 58.4 Å². The molecule has 7 heteroatoms. The molecular formula is C18H25N5OS. The van der Waals surface area contributed by atoms with Crippen LogP contribution in [0.2, 0.25) is 0 Å². The van der Waals surface area contributed by atoms with Gasteiger partial charge in [0.2, 0.25) is 0 Å². The van der Waals surface area contributed by atoms with E-state index in [-0.39, 0.29) is 5.91 Å². The van der Waals surface area contributed by atoms with Crippen molar-refractivity contribution in [2.45, 2.75) is 45.2 Å². The highest BCUT2D eigenvalue weighted by molar-refractivity contribution is 7.11. The second kappa shape index (κ2) is 7.25. The molecule has 0 aliphatic carbocycles. The number of carbonyl (C=O) groups is 1. The van der Waals surface area contributed by atoms with Gasteiger partial charge in [0.25, 0.3) is 5.91 Å². The van der Waals surface area contributed by atoms with Crippen molar-refractivity contribution in [2.75, 3.05) is 26.2 Å². The third-order valence-corrected chi connectivity index (χ3v) is 6.21. The van der Waals surface area contributed by atoms with Gasteiger partial charge in [-0.2, -0.15) is 0 Å². The molecule has 0 unspecified atom stereocenters. The molecule has 25 heavy (non-hydrogen) atoms. The quantitative estimate of drug-likeness (QED) is 0.842. The van der Waals surface area contributed by atoms with Crippen LogP contribution in [0.1, 0.15) is 52.0 Å². The van der Waals surface area contributed by atoms with Crippen LogP contribution in [0.4, 0.5) is 0 Å². The van der Waals surface area contributed by atoms with Crippen LogP contribution in [0.5, 0.6) is 0 Å². The monoisotopic (exact) mass is 359 g/mol. The highest BCUT2D eigenvalue weighted by Crippen LogP contribution is 2.25. The molecular weight excluding hydrogens is 334 g/mol. The van der Waals surface area contributed by atoms with Gasteiger partial charge in [-0.15, -0.1) is 16.4 Å². The van der Waals surface area contributed by atoms with Gasteiger partial charge >= 0.3 is 0 Å². The van der Waals surface area contributed by atoms with Crippen molar-refractivity contribution in [3.05, 3.63) is 33.8 Å². The number of likely N-dealkylation sites (tertiary alicyclic amines) is 2. The zero-order valence-electron chi connectivity index (χ0n) is 14.7. The summed E-state index contributed by atoms with van der Waals surface area (Å²) in [6.45, 7) is 7.04. The molecule has 0 aromatic carbocycles. The highest BCUT2D eigenvalue weighted by Gasteiger charge is 2.25. The van der Waals surface area contributed by atoms with Crippen molar-refractivity contribution in [2.24, 2.45) is 0 Å². The minimum atomic E-state index is 0.0363. The topological polar surface area (TPSA) is 54.3 Å². The fraction of sp³-hybridized carbons (Fsp3) is 0.611. The Morgan fingerprint density at radius 2 is 1.96 bits per heavy atom. The third-order valence-electron chi connectivity index (χ3n) is 5.23. The Morgan fingerprint density at radius 3 is 2.64 bits per heavy atom. The Kier molecular flexibility index (Phi) is 4.85. The van der Waals surface area contributed by atoms with Gasteiger partial charge in [-0.1, -0.05) is 5.21 Å². The Bertz CT molecular complexity index is 725. The summed E-state index contributed by atoms with van der Waals surface area (Å²) in [7, 11) is 0. The fourth-order valence-corrected chi connectivity index (χ4v) is 4.70. The Balaban J connectivity index is 1.32. The van der Waals surface area contributed by atoms with Gasteiger partial charge in [0, 0.05) is 42.5 Å².